The van der Waals surface area contributed by atoms with Crippen LogP contribution in [-0.4, -0.2) is 16.3 Å². The lowest BCUT2D eigenvalue weighted by Crippen LogP contribution is -2.12. The Morgan fingerprint density at radius 2 is 2.00 bits per heavy atom. The second-order valence-corrected chi connectivity index (χ2v) is 3.69. The van der Waals surface area contributed by atoms with Crippen LogP contribution in [0.1, 0.15) is 5.69 Å². The highest BCUT2D eigenvalue weighted by molar-refractivity contribution is 5.59. The Labute approximate surface area is 93.7 Å². The highest BCUT2D eigenvalue weighted by Crippen LogP contribution is 2.20. The standard InChI is InChI=1S/C12H14FN3/c1-9-8-12(16(15-9)7-6-14)10-2-4-11(13)5-3-10/h2-5,8H,6-7,14H2,1H3. The van der Waals surface area contributed by atoms with Gasteiger partial charge in [-0.15, -0.1) is 0 Å². The molecule has 84 valence electrons. The molecule has 0 saturated carbocycles. The summed E-state index contributed by atoms with van der Waals surface area (Å²) in [4.78, 5) is 0. The fourth-order valence-electron chi connectivity index (χ4n) is 1.69. The second kappa shape index (κ2) is 4.45. The van der Waals surface area contributed by atoms with E-state index in [0.717, 1.165) is 17.0 Å². The van der Waals surface area contributed by atoms with E-state index in [-0.39, 0.29) is 5.82 Å². The van der Waals surface area contributed by atoms with Crippen molar-refractivity contribution in [3.63, 3.8) is 0 Å². The van der Waals surface area contributed by atoms with Gasteiger partial charge in [0.25, 0.3) is 0 Å². The fraction of sp³-hybridized carbons (Fsp3) is 0.250. The molecule has 1 heterocycles. The van der Waals surface area contributed by atoms with Crippen LogP contribution in [0.2, 0.25) is 0 Å². The van der Waals surface area contributed by atoms with Gasteiger partial charge in [0.15, 0.2) is 0 Å². The smallest absolute Gasteiger partial charge is 0.123 e. The first kappa shape index (κ1) is 10.8. The summed E-state index contributed by atoms with van der Waals surface area (Å²) in [5.41, 5.74) is 8.39. The number of hydrogen-bond donors (Lipinski definition) is 1. The average molecular weight is 219 g/mol. The molecule has 3 nitrogen and oxygen atoms in total. The van der Waals surface area contributed by atoms with Gasteiger partial charge in [0.2, 0.25) is 0 Å². The van der Waals surface area contributed by atoms with Gasteiger partial charge >= 0.3 is 0 Å². The van der Waals surface area contributed by atoms with Crippen molar-refractivity contribution in [1.82, 2.24) is 9.78 Å². The lowest BCUT2D eigenvalue weighted by Gasteiger charge is -2.05. The van der Waals surface area contributed by atoms with Gasteiger partial charge in [0.05, 0.1) is 17.9 Å². The third kappa shape index (κ3) is 2.12. The number of aryl methyl sites for hydroxylation is 1. The maximum Gasteiger partial charge on any atom is 0.123 e. The molecule has 0 bridgehead atoms. The molecule has 2 rings (SSSR count). The van der Waals surface area contributed by atoms with Gasteiger partial charge in [-0.25, -0.2) is 4.39 Å². The Hall–Kier alpha value is -1.68. The van der Waals surface area contributed by atoms with E-state index in [1.165, 1.54) is 12.1 Å². The summed E-state index contributed by atoms with van der Waals surface area (Å²) in [6.07, 6.45) is 0. The Morgan fingerprint density at radius 1 is 1.31 bits per heavy atom. The molecule has 4 heteroatoms. The van der Waals surface area contributed by atoms with Crippen molar-refractivity contribution in [2.45, 2.75) is 13.5 Å². The van der Waals surface area contributed by atoms with E-state index in [2.05, 4.69) is 5.10 Å². The van der Waals surface area contributed by atoms with E-state index in [4.69, 9.17) is 5.73 Å². The molecule has 0 radical (unpaired) electrons. The van der Waals surface area contributed by atoms with E-state index in [9.17, 15) is 4.39 Å². The van der Waals surface area contributed by atoms with Gasteiger partial charge in [0, 0.05) is 6.54 Å². The topological polar surface area (TPSA) is 43.8 Å². The molecule has 0 unspecified atom stereocenters. The van der Waals surface area contributed by atoms with Gasteiger partial charge in [-0.05, 0) is 42.8 Å². The lowest BCUT2D eigenvalue weighted by atomic mass is 10.1. The highest BCUT2D eigenvalue weighted by atomic mass is 19.1. The number of aromatic nitrogens is 2. The lowest BCUT2D eigenvalue weighted by molar-refractivity contribution is 0.622. The highest BCUT2D eigenvalue weighted by Gasteiger charge is 2.07. The summed E-state index contributed by atoms with van der Waals surface area (Å²) in [7, 11) is 0. The first-order chi connectivity index (χ1) is 7.70. The minimum atomic E-state index is -0.231. The SMILES string of the molecule is Cc1cc(-c2ccc(F)cc2)n(CCN)n1. The van der Waals surface area contributed by atoms with Crippen molar-refractivity contribution in [1.29, 1.82) is 0 Å². The molecule has 0 aliphatic carbocycles. The quantitative estimate of drug-likeness (QED) is 0.857. The molecule has 0 atom stereocenters. The number of benzene rings is 1. The second-order valence-electron chi connectivity index (χ2n) is 3.69. The minimum Gasteiger partial charge on any atom is -0.329 e. The van der Waals surface area contributed by atoms with Crippen LogP contribution in [0, 0.1) is 12.7 Å². The minimum absolute atomic E-state index is 0.231. The van der Waals surface area contributed by atoms with Crippen LogP contribution in [0.3, 0.4) is 0 Å². The maximum absolute atomic E-state index is 12.8. The summed E-state index contributed by atoms with van der Waals surface area (Å²) in [5, 5.41) is 4.34. The van der Waals surface area contributed by atoms with Gasteiger partial charge in [-0.3, -0.25) is 4.68 Å². The van der Waals surface area contributed by atoms with E-state index in [1.54, 1.807) is 12.1 Å². The van der Waals surface area contributed by atoms with E-state index in [1.807, 2.05) is 17.7 Å². The predicted octanol–water partition coefficient (Wildman–Crippen LogP) is 1.96. The zero-order chi connectivity index (χ0) is 11.5. The van der Waals surface area contributed by atoms with Gasteiger partial charge in [-0.2, -0.15) is 5.10 Å². The summed E-state index contributed by atoms with van der Waals surface area (Å²) >= 11 is 0. The molecule has 2 N–H and O–H groups in total. The number of rotatable bonds is 3. The average Bonchev–Trinajstić information content (AvgIpc) is 2.61. The molecule has 0 saturated heterocycles. The summed E-state index contributed by atoms with van der Waals surface area (Å²) in [5.74, 6) is -0.231. The normalized spacial score (nSPS) is 10.7. The summed E-state index contributed by atoms with van der Waals surface area (Å²) in [6.45, 7) is 3.13. The third-order valence-electron chi connectivity index (χ3n) is 2.38. The Balaban J connectivity index is 2.42. The molecular formula is C12H14FN3. The fourth-order valence-corrected chi connectivity index (χ4v) is 1.69. The van der Waals surface area contributed by atoms with Crippen LogP contribution in [0.15, 0.2) is 30.3 Å². The number of halogens is 1. The van der Waals surface area contributed by atoms with Crippen molar-refractivity contribution >= 4 is 0 Å². The van der Waals surface area contributed by atoms with Crippen LogP contribution in [0.25, 0.3) is 11.3 Å². The Morgan fingerprint density at radius 3 is 2.62 bits per heavy atom. The van der Waals surface area contributed by atoms with Crippen LogP contribution in [-0.2, 0) is 6.54 Å². The maximum atomic E-state index is 12.8. The largest absolute Gasteiger partial charge is 0.329 e. The number of hydrogen-bond acceptors (Lipinski definition) is 2. The third-order valence-corrected chi connectivity index (χ3v) is 2.38. The van der Waals surface area contributed by atoms with Crippen LogP contribution in [0.4, 0.5) is 4.39 Å². The Bertz CT molecular complexity index is 474. The molecule has 1 aromatic carbocycles. The molecule has 0 fully saturated rings. The van der Waals surface area contributed by atoms with Crippen molar-refractivity contribution in [3.8, 4) is 11.3 Å². The first-order valence-corrected chi connectivity index (χ1v) is 5.21. The van der Waals surface area contributed by atoms with Gasteiger partial charge < -0.3 is 5.73 Å². The molecule has 0 amide bonds. The van der Waals surface area contributed by atoms with Crippen molar-refractivity contribution in [2.75, 3.05) is 6.54 Å². The zero-order valence-electron chi connectivity index (χ0n) is 9.15. The Kier molecular flexibility index (Phi) is 3.01. The molecule has 1 aromatic heterocycles. The summed E-state index contributed by atoms with van der Waals surface area (Å²) < 4.78 is 14.7. The van der Waals surface area contributed by atoms with Crippen LogP contribution < -0.4 is 5.73 Å². The van der Waals surface area contributed by atoms with Crippen LogP contribution in [0.5, 0.6) is 0 Å². The first-order valence-electron chi connectivity index (χ1n) is 5.21. The van der Waals surface area contributed by atoms with Gasteiger partial charge in [0.1, 0.15) is 5.82 Å². The number of nitrogens with two attached hydrogens (primary N) is 1. The van der Waals surface area contributed by atoms with E-state index >= 15 is 0 Å². The van der Waals surface area contributed by atoms with Crippen molar-refractivity contribution in [3.05, 3.63) is 41.8 Å². The zero-order valence-corrected chi connectivity index (χ0v) is 9.15. The molecule has 2 aromatic rings. The summed E-state index contributed by atoms with van der Waals surface area (Å²) in [6, 6.07) is 8.37. The monoisotopic (exact) mass is 219 g/mol. The molecule has 0 spiro atoms. The van der Waals surface area contributed by atoms with E-state index in [0.29, 0.717) is 13.1 Å². The molecule has 16 heavy (non-hydrogen) atoms. The molecule has 0 aliphatic rings. The molecule has 0 aliphatic heterocycles. The van der Waals surface area contributed by atoms with Gasteiger partial charge in [-0.1, -0.05) is 0 Å². The number of nitrogens with zero attached hydrogens (tertiary/aromatic N) is 2. The van der Waals surface area contributed by atoms with E-state index < -0.39 is 0 Å². The molecular weight excluding hydrogens is 205 g/mol. The van der Waals surface area contributed by atoms with Crippen LogP contribution >= 0.6 is 0 Å². The predicted molar refractivity (Wildman–Crippen MR) is 61.4 cm³/mol. The van der Waals surface area contributed by atoms with Crippen molar-refractivity contribution < 1.29 is 4.39 Å². The van der Waals surface area contributed by atoms with Crippen molar-refractivity contribution in [2.24, 2.45) is 5.73 Å².